The topological polar surface area (TPSA) is 66.5 Å². The zero-order valence-corrected chi connectivity index (χ0v) is 15.0. The first-order valence-electron chi connectivity index (χ1n) is 7.99. The van der Waals surface area contributed by atoms with Crippen LogP contribution in [-0.4, -0.2) is 35.2 Å². The van der Waals surface area contributed by atoms with Crippen LogP contribution in [0.3, 0.4) is 0 Å². The molecule has 1 heterocycles. The van der Waals surface area contributed by atoms with Gasteiger partial charge in [-0.3, -0.25) is 14.5 Å². The Morgan fingerprint density at radius 2 is 1.84 bits per heavy atom. The molecular formula is C19H17BrN2O3. The molecule has 128 valence electrons. The fraction of sp³-hybridized carbons (Fsp3) is 0.211. The number of ketones is 1. The van der Waals surface area contributed by atoms with Crippen LogP contribution in [0.2, 0.25) is 0 Å². The molecule has 1 aliphatic rings. The van der Waals surface area contributed by atoms with Crippen LogP contribution in [0.15, 0.2) is 59.1 Å². The van der Waals surface area contributed by atoms with E-state index in [1.807, 2.05) is 36.4 Å². The summed E-state index contributed by atoms with van der Waals surface area (Å²) in [5.41, 5.74) is 1.57. The first kappa shape index (κ1) is 17.4. The summed E-state index contributed by atoms with van der Waals surface area (Å²) in [4.78, 5) is 37.9. The number of nitrogens with one attached hydrogen (secondary N) is 1. The first-order chi connectivity index (χ1) is 12.0. The smallest absolute Gasteiger partial charge is 0.325 e. The fourth-order valence-corrected chi connectivity index (χ4v) is 3.17. The van der Waals surface area contributed by atoms with Crippen molar-refractivity contribution in [2.24, 2.45) is 0 Å². The molecule has 1 aliphatic heterocycles. The zero-order chi connectivity index (χ0) is 17.8. The van der Waals surface area contributed by atoms with E-state index in [0.717, 1.165) is 14.9 Å². The van der Waals surface area contributed by atoms with Crippen LogP contribution in [0.4, 0.5) is 4.79 Å². The lowest BCUT2D eigenvalue weighted by atomic mass is 10.1. The van der Waals surface area contributed by atoms with Gasteiger partial charge in [-0.05, 0) is 30.5 Å². The van der Waals surface area contributed by atoms with E-state index < -0.39 is 12.1 Å². The van der Waals surface area contributed by atoms with E-state index in [1.165, 1.54) is 0 Å². The van der Waals surface area contributed by atoms with Crippen LogP contribution in [0.5, 0.6) is 0 Å². The van der Waals surface area contributed by atoms with E-state index in [-0.39, 0.29) is 18.2 Å². The van der Waals surface area contributed by atoms with Crippen molar-refractivity contribution >= 4 is 33.7 Å². The largest absolute Gasteiger partial charge is 0.326 e. The number of nitrogens with zero attached hydrogens (tertiary/aromatic N) is 1. The molecule has 0 aliphatic carbocycles. The molecule has 3 rings (SSSR count). The number of aryl methyl sites for hydroxylation is 1. The Kier molecular flexibility index (Phi) is 5.28. The van der Waals surface area contributed by atoms with Crippen molar-refractivity contribution in [3.8, 4) is 0 Å². The van der Waals surface area contributed by atoms with Gasteiger partial charge in [0.05, 0.1) is 6.54 Å². The Balaban J connectivity index is 1.62. The molecule has 0 bridgehead atoms. The van der Waals surface area contributed by atoms with Crippen molar-refractivity contribution in [3.05, 3.63) is 70.2 Å². The number of rotatable bonds is 6. The SMILES string of the molecule is O=C(CN1C(=O)N[C@H](CCc2ccccc2)C1=O)c1cccc(Br)c1. The van der Waals surface area contributed by atoms with Crippen LogP contribution in [0, 0.1) is 0 Å². The number of benzene rings is 2. The molecule has 1 atom stereocenters. The van der Waals surface area contributed by atoms with E-state index >= 15 is 0 Å². The third-order valence-corrected chi connectivity index (χ3v) is 4.61. The van der Waals surface area contributed by atoms with Gasteiger partial charge in [-0.25, -0.2) is 4.79 Å². The number of urea groups is 1. The number of hydrogen-bond donors (Lipinski definition) is 1. The first-order valence-corrected chi connectivity index (χ1v) is 8.78. The van der Waals surface area contributed by atoms with Crippen molar-refractivity contribution in [1.29, 1.82) is 0 Å². The summed E-state index contributed by atoms with van der Waals surface area (Å²) < 4.78 is 0.774. The van der Waals surface area contributed by atoms with Crippen LogP contribution in [-0.2, 0) is 11.2 Å². The van der Waals surface area contributed by atoms with E-state index in [2.05, 4.69) is 21.2 Å². The molecule has 5 nitrogen and oxygen atoms in total. The summed E-state index contributed by atoms with van der Waals surface area (Å²) in [6, 6.07) is 15.6. The lowest BCUT2D eigenvalue weighted by molar-refractivity contribution is -0.127. The maximum Gasteiger partial charge on any atom is 0.325 e. The van der Waals surface area contributed by atoms with Gasteiger partial charge in [-0.15, -0.1) is 0 Å². The van der Waals surface area contributed by atoms with Crippen LogP contribution < -0.4 is 5.32 Å². The Morgan fingerprint density at radius 3 is 2.56 bits per heavy atom. The standard InChI is InChI=1S/C19H17BrN2O3/c20-15-8-4-7-14(11-15)17(23)12-22-18(24)16(21-19(22)25)10-9-13-5-2-1-3-6-13/h1-8,11,16H,9-10,12H2,(H,21,25)/t16-/m1/s1. The molecule has 2 aromatic rings. The quantitative estimate of drug-likeness (QED) is 0.597. The highest BCUT2D eigenvalue weighted by Gasteiger charge is 2.38. The Hall–Kier alpha value is -2.47. The third kappa shape index (κ3) is 4.14. The number of imide groups is 1. The lowest BCUT2D eigenvalue weighted by Gasteiger charge is -2.12. The normalized spacial score (nSPS) is 16.8. The van der Waals surface area contributed by atoms with E-state index in [4.69, 9.17) is 0 Å². The monoisotopic (exact) mass is 400 g/mol. The van der Waals surface area contributed by atoms with Crippen molar-refractivity contribution in [3.63, 3.8) is 0 Å². The second-order valence-electron chi connectivity index (χ2n) is 5.88. The average Bonchev–Trinajstić information content (AvgIpc) is 2.88. The molecule has 0 radical (unpaired) electrons. The highest BCUT2D eigenvalue weighted by atomic mass is 79.9. The van der Waals surface area contributed by atoms with Crippen LogP contribution in [0.1, 0.15) is 22.3 Å². The van der Waals surface area contributed by atoms with Gasteiger partial charge >= 0.3 is 6.03 Å². The molecule has 6 heteroatoms. The van der Waals surface area contributed by atoms with Gasteiger partial charge in [0.2, 0.25) is 0 Å². The highest BCUT2D eigenvalue weighted by Crippen LogP contribution is 2.16. The molecule has 1 saturated heterocycles. The van der Waals surface area contributed by atoms with Gasteiger partial charge in [0.15, 0.2) is 5.78 Å². The Labute approximate surface area is 154 Å². The molecular weight excluding hydrogens is 384 g/mol. The predicted octanol–water partition coefficient (Wildman–Crippen LogP) is 3.19. The minimum atomic E-state index is -0.581. The number of amides is 3. The minimum Gasteiger partial charge on any atom is -0.326 e. The van der Waals surface area contributed by atoms with Gasteiger partial charge in [0.25, 0.3) is 5.91 Å². The highest BCUT2D eigenvalue weighted by molar-refractivity contribution is 9.10. The number of carbonyl (C=O) groups is 3. The molecule has 0 unspecified atom stereocenters. The average molecular weight is 401 g/mol. The summed E-state index contributed by atoms with van der Waals surface area (Å²) in [6.45, 7) is -0.247. The predicted molar refractivity (Wildman–Crippen MR) is 97.3 cm³/mol. The molecule has 0 aromatic heterocycles. The number of Topliss-reactive ketones (excluding diaryl/α,β-unsaturated/α-hetero) is 1. The number of halogens is 1. The van der Waals surface area contributed by atoms with Crippen molar-refractivity contribution in [1.82, 2.24) is 10.2 Å². The summed E-state index contributed by atoms with van der Waals surface area (Å²) in [6.07, 6.45) is 1.20. The number of hydrogen-bond acceptors (Lipinski definition) is 3. The summed E-state index contributed by atoms with van der Waals surface area (Å²) >= 11 is 3.31. The molecule has 1 fully saturated rings. The van der Waals surface area contributed by atoms with Crippen LogP contribution in [0.25, 0.3) is 0 Å². The van der Waals surface area contributed by atoms with Crippen LogP contribution >= 0.6 is 15.9 Å². The fourth-order valence-electron chi connectivity index (χ4n) is 2.77. The number of carbonyl (C=O) groups excluding carboxylic acids is 3. The third-order valence-electron chi connectivity index (χ3n) is 4.12. The summed E-state index contributed by atoms with van der Waals surface area (Å²) in [7, 11) is 0. The molecule has 1 N–H and O–H groups in total. The molecule has 0 spiro atoms. The Bertz CT molecular complexity index is 807. The van der Waals surface area contributed by atoms with Crippen molar-refractivity contribution in [2.75, 3.05) is 6.54 Å². The second-order valence-corrected chi connectivity index (χ2v) is 6.80. The Morgan fingerprint density at radius 1 is 1.08 bits per heavy atom. The van der Waals surface area contributed by atoms with E-state index in [1.54, 1.807) is 18.2 Å². The van der Waals surface area contributed by atoms with Gasteiger partial charge in [-0.2, -0.15) is 0 Å². The zero-order valence-electron chi connectivity index (χ0n) is 13.4. The van der Waals surface area contributed by atoms with Gasteiger partial charge in [0, 0.05) is 10.0 Å². The molecule has 3 amide bonds. The molecule has 2 aromatic carbocycles. The summed E-state index contributed by atoms with van der Waals surface area (Å²) in [5.74, 6) is -0.613. The van der Waals surface area contributed by atoms with Crippen molar-refractivity contribution in [2.45, 2.75) is 18.9 Å². The van der Waals surface area contributed by atoms with Crippen molar-refractivity contribution < 1.29 is 14.4 Å². The van der Waals surface area contributed by atoms with Gasteiger partial charge in [0.1, 0.15) is 6.04 Å². The minimum absolute atomic E-state index is 0.247. The summed E-state index contributed by atoms with van der Waals surface area (Å²) in [5, 5.41) is 2.67. The van der Waals surface area contributed by atoms with Gasteiger partial charge < -0.3 is 5.32 Å². The second kappa shape index (κ2) is 7.61. The van der Waals surface area contributed by atoms with E-state index in [9.17, 15) is 14.4 Å². The lowest BCUT2D eigenvalue weighted by Crippen LogP contribution is -2.36. The van der Waals surface area contributed by atoms with E-state index in [0.29, 0.717) is 18.4 Å². The maximum atomic E-state index is 12.5. The maximum absolute atomic E-state index is 12.5. The molecule has 25 heavy (non-hydrogen) atoms. The molecule has 0 saturated carbocycles. The van der Waals surface area contributed by atoms with Gasteiger partial charge in [-0.1, -0.05) is 58.4 Å².